The van der Waals surface area contributed by atoms with Crippen molar-refractivity contribution in [2.24, 2.45) is 0 Å². The van der Waals surface area contributed by atoms with Crippen molar-refractivity contribution in [2.45, 2.75) is 6.92 Å². The van der Waals surface area contributed by atoms with E-state index in [0.717, 1.165) is 38.9 Å². The second-order valence-electron chi connectivity index (χ2n) is 5.08. The molecular formula is C17H12ClN3. The highest BCUT2D eigenvalue weighted by Gasteiger charge is 2.12. The molecule has 0 unspecified atom stereocenters. The molecule has 0 bridgehead atoms. The van der Waals surface area contributed by atoms with Crippen LogP contribution < -0.4 is 0 Å². The van der Waals surface area contributed by atoms with Crippen LogP contribution in [0.15, 0.2) is 48.5 Å². The predicted octanol–water partition coefficient (Wildman–Crippen LogP) is 4.74. The minimum absolute atomic E-state index is 0.468. The van der Waals surface area contributed by atoms with E-state index < -0.39 is 0 Å². The topological polar surface area (TPSA) is 41.6 Å². The van der Waals surface area contributed by atoms with Crippen molar-refractivity contribution in [1.29, 1.82) is 0 Å². The molecule has 0 radical (unpaired) electrons. The maximum Gasteiger partial charge on any atom is 0.141 e. The number of para-hydroxylation sites is 3. The normalized spacial score (nSPS) is 11.3. The number of rotatable bonds is 1. The highest BCUT2D eigenvalue weighted by molar-refractivity contribution is 6.32. The highest BCUT2D eigenvalue weighted by Crippen LogP contribution is 2.30. The largest absolute Gasteiger partial charge is 0.338 e. The molecule has 0 amide bonds. The highest BCUT2D eigenvalue weighted by atomic mass is 35.5. The lowest BCUT2D eigenvalue weighted by Crippen LogP contribution is -1.89. The van der Waals surface area contributed by atoms with Crippen molar-refractivity contribution in [3.05, 3.63) is 59.2 Å². The van der Waals surface area contributed by atoms with Gasteiger partial charge in [-0.1, -0.05) is 41.9 Å². The number of H-pyrrole nitrogens is 1. The zero-order chi connectivity index (χ0) is 14.4. The summed E-state index contributed by atoms with van der Waals surface area (Å²) in [6, 6.07) is 16.1. The van der Waals surface area contributed by atoms with Crippen LogP contribution in [0.2, 0.25) is 5.15 Å². The monoisotopic (exact) mass is 293 g/mol. The number of hydrogen-bond donors (Lipinski definition) is 1. The quantitative estimate of drug-likeness (QED) is 0.515. The second-order valence-corrected chi connectivity index (χ2v) is 5.43. The van der Waals surface area contributed by atoms with E-state index in [1.165, 1.54) is 0 Å². The first-order valence-electron chi connectivity index (χ1n) is 6.73. The molecule has 2 aromatic carbocycles. The molecule has 3 nitrogen and oxygen atoms in total. The Labute approximate surface area is 126 Å². The average Bonchev–Trinajstić information content (AvgIpc) is 2.91. The third kappa shape index (κ3) is 1.98. The number of imidazole rings is 1. The molecule has 1 N–H and O–H groups in total. The van der Waals surface area contributed by atoms with Gasteiger partial charge >= 0.3 is 0 Å². The van der Waals surface area contributed by atoms with Gasteiger partial charge in [0.15, 0.2) is 0 Å². The minimum atomic E-state index is 0.468. The fourth-order valence-electron chi connectivity index (χ4n) is 2.57. The number of aromatic amines is 1. The lowest BCUT2D eigenvalue weighted by atomic mass is 10.1. The summed E-state index contributed by atoms with van der Waals surface area (Å²) in [6.45, 7) is 2.03. The molecular weight excluding hydrogens is 282 g/mol. The number of halogens is 1. The van der Waals surface area contributed by atoms with Gasteiger partial charge in [0.2, 0.25) is 0 Å². The van der Waals surface area contributed by atoms with E-state index in [2.05, 4.69) is 15.0 Å². The minimum Gasteiger partial charge on any atom is -0.338 e. The van der Waals surface area contributed by atoms with Crippen molar-refractivity contribution < 1.29 is 0 Å². The van der Waals surface area contributed by atoms with Crippen LogP contribution in [0.4, 0.5) is 0 Å². The van der Waals surface area contributed by atoms with E-state index in [-0.39, 0.29) is 0 Å². The lowest BCUT2D eigenvalue weighted by molar-refractivity contribution is 1.30. The zero-order valence-corrected chi connectivity index (χ0v) is 12.1. The van der Waals surface area contributed by atoms with Crippen LogP contribution >= 0.6 is 11.6 Å². The standard InChI is InChI=1S/C17H12ClN3/c1-10-5-4-6-11-9-12(16(18)21-15(10)11)17-19-13-7-2-3-8-14(13)20-17/h2-9H,1H3,(H,19,20). The SMILES string of the molecule is Cc1cccc2cc(-c3nc4ccccc4[nH]3)c(Cl)nc12. The van der Waals surface area contributed by atoms with Crippen LogP contribution in [0, 0.1) is 6.92 Å². The summed E-state index contributed by atoms with van der Waals surface area (Å²) in [6.07, 6.45) is 0. The first kappa shape index (κ1) is 12.4. The van der Waals surface area contributed by atoms with Crippen LogP contribution in [-0.4, -0.2) is 15.0 Å². The molecule has 2 aromatic heterocycles. The Morgan fingerprint density at radius 3 is 2.71 bits per heavy atom. The van der Waals surface area contributed by atoms with Gasteiger partial charge in [-0.2, -0.15) is 0 Å². The molecule has 0 fully saturated rings. The first-order valence-corrected chi connectivity index (χ1v) is 7.11. The number of benzene rings is 2. The van der Waals surface area contributed by atoms with Crippen molar-refractivity contribution in [2.75, 3.05) is 0 Å². The summed E-state index contributed by atoms with van der Waals surface area (Å²) in [5.74, 6) is 0.747. The van der Waals surface area contributed by atoms with Crippen molar-refractivity contribution in [3.8, 4) is 11.4 Å². The number of aromatic nitrogens is 3. The van der Waals surface area contributed by atoms with E-state index in [0.29, 0.717) is 5.15 Å². The van der Waals surface area contributed by atoms with Crippen LogP contribution in [0.25, 0.3) is 33.3 Å². The number of nitrogens with zero attached hydrogens (tertiary/aromatic N) is 2. The van der Waals surface area contributed by atoms with Crippen molar-refractivity contribution in [3.63, 3.8) is 0 Å². The molecule has 0 saturated carbocycles. The van der Waals surface area contributed by atoms with Gasteiger partial charge < -0.3 is 4.98 Å². The van der Waals surface area contributed by atoms with E-state index in [9.17, 15) is 0 Å². The van der Waals surface area contributed by atoms with Crippen molar-refractivity contribution >= 4 is 33.5 Å². The number of pyridine rings is 1. The van der Waals surface area contributed by atoms with E-state index >= 15 is 0 Å². The maximum absolute atomic E-state index is 6.37. The van der Waals surface area contributed by atoms with Gasteiger partial charge in [0.1, 0.15) is 11.0 Å². The van der Waals surface area contributed by atoms with Crippen LogP contribution in [0.1, 0.15) is 5.56 Å². The van der Waals surface area contributed by atoms with Crippen LogP contribution in [0.5, 0.6) is 0 Å². The fourth-order valence-corrected chi connectivity index (χ4v) is 2.80. The molecule has 4 heteroatoms. The Morgan fingerprint density at radius 1 is 1.00 bits per heavy atom. The number of hydrogen-bond acceptors (Lipinski definition) is 2. The molecule has 4 rings (SSSR count). The van der Waals surface area contributed by atoms with Gasteiger partial charge in [-0.25, -0.2) is 9.97 Å². The van der Waals surface area contributed by atoms with E-state index in [4.69, 9.17) is 11.6 Å². The summed E-state index contributed by atoms with van der Waals surface area (Å²) in [7, 11) is 0. The molecule has 0 aliphatic heterocycles. The van der Waals surface area contributed by atoms with E-state index in [1.807, 2.05) is 55.5 Å². The Balaban J connectivity index is 1.99. The summed E-state index contributed by atoms with van der Waals surface area (Å²) in [5.41, 5.74) is 4.79. The predicted molar refractivity (Wildman–Crippen MR) is 86.6 cm³/mol. The van der Waals surface area contributed by atoms with Gasteiger partial charge in [-0.15, -0.1) is 0 Å². The maximum atomic E-state index is 6.37. The Bertz CT molecular complexity index is 939. The molecule has 0 aliphatic rings. The summed E-state index contributed by atoms with van der Waals surface area (Å²) >= 11 is 6.37. The molecule has 0 aliphatic carbocycles. The van der Waals surface area contributed by atoms with Gasteiger partial charge in [0.25, 0.3) is 0 Å². The Hall–Kier alpha value is -2.39. The summed E-state index contributed by atoms with van der Waals surface area (Å²) < 4.78 is 0. The fraction of sp³-hybridized carbons (Fsp3) is 0.0588. The van der Waals surface area contributed by atoms with Crippen molar-refractivity contribution in [1.82, 2.24) is 15.0 Å². The number of fused-ring (bicyclic) bond motifs is 2. The van der Waals surface area contributed by atoms with Gasteiger partial charge in [-0.05, 0) is 30.7 Å². The third-order valence-corrected chi connectivity index (χ3v) is 3.93. The van der Waals surface area contributed by atoms with Gasteiger partial charge in [0.05, 0.1) is 22.1 Å². The van der Waals surface area contributed by atoms with E-state index in [1.54, 1.807) is 0 Å². The number of aryl methyl sites for hydroxylation is 1. The zero-order valence-electron chi connectivity index (χ0n) is 11.4. The summed E-state index contributed by atoms with van der Waals surface area (Å²) in [4.78, 5) is 12.4. The smallest absolute Gasteiger partial charge is 0.141 e. The second kappa shape index (κ2) is 4.57. The molecule has 0 atom stereocenters. The Morgan fingerprint density at radius 2 is 1.86 bits per heavy atom. The first-order chi connectivity index (χ1) is 10.2. The van der Waals surface area contributed by atoms with Gasteiger partial charge in [0, 0.05) is 5.39 Å². The molecule has 0 spiro atoms. The number of nitrogens with one attached hydrogen (secondary N) is 1. The lowest BCUT2D eigenvalue weighted by Gasteiger charge is -2.05. The summed E-state index contributed by atoms with van der Waals surface area (Å²) in [5, 5.41) is 1.53. The van der Waals surface area contributed by atoms with Crippen LogP contribution in [-0.2, 0) is 0 Å². The molecule has 21 heavy (non-hydrogen) atoms. The molecule has 2 heterocycles. The van der Waals surface area contributed by atoms with Crippen LogP contribution in [0.3, 0.4) is 0 Å². The molecule has 4 aromatic rings. The molecule has 0 saturated heterocycles. The third-order valence-electron chi connectivity index (χ3n) is 3.65. The van der Waals surface area contributed by atoms with Gasteiger partial charge in [-0.3, -0.25) is 0 Å². The molecule has 102 valence electrons. The Kier molecular flexibility index (Phi) is 2.69. The average molecular weight is 294 g/mol.